The Kier molecular flexibility index (Phi) is 6.67. The monoisotopic (exact) mass is 380 g/mol. The second-order valence-electron chi connectivity index (χ2n) is 5.43. The minimum Gasteiger partial charge on any atom is -0.495 e. The zero-order valence-corrected chi connectivity index (χ0v) is 15.4. The molecule has 0 saturated carbocycles. The normalized spacial score (nSPS) is 10.2. The molecule has 0 unspecified atom stereocenters. The van der Waals surface area contributed by atoms with E-state index >= 15 is 0 Å². The van der Waals surface area contributed by atoms with Crippen LogP contribution in [-0.2, 0) is 16.1 Å². The Labute approximate surface area is 156 Å². The standard InChI is InChI=1S/C18H18Cl2N2O3/c1-11-7-15(16(25-2)8-14(11)20)22-18(24)9-17(23)21-10-12-3-5-13(19)6-4-12/h3-8H,9-10H2,1-2H3,(H,21,23)(H,22,24). The highest BCUT2D eigenvalue weighted by molar-refractivity contribution is 6.31. The number of ether oxygens (including phenoxy) is 1. The van der Waals surface area contributed by atoms with Gasteiger partial charge in [0.05, 0.1) is 12.8 Å². The molecule has 0 aliphatic heterocycles. The highest BCUT2D eigenvalue weighted by atomic mass is 35.5. The van der Waals surface area contributed by atoms with E-state index in [0.717, 1.165) is 11.1 Å². The molecule has 7 heteroatoms. The molecule has 0 spiro atoms. The first kappa shape index (κ1) is 19.1. The van der Waals surface area contributed by atoms with E-state index in [0.29, 0.717) is 28.0 Å². The van der Waals surface area contributed by atoms with Gasteiger partial charge in [-0.1, -0.05) is 35.3 Å². The predicted octanol–water partition coefficient (Wildman–Crippen LogP) is 3.96. The smallest absolute Gasteiger partial charge is 0.233 e. The van der Waals surface area contributed by atoms with Gasteiger partial charge in [0, 0.05) is 22.7 Å². The van der Waals surface area contributed by atoms with Crippen LogP contribution in [0.15, 0.2) is 36.4 Å². The fraction of sp³-hybridized carbons (Fsp3) is 0.222. The van der Waals surface area contributed by atoms with Crippen molar-refractivity contribution in [1.82, 2.24) is 5.32 Å². The molecule has 2 rings (SSSR count). The Morgan fingerprint density at radius 1 is 1.08 bits per heavy atom. The lowest BCUT2D eigenvalue weighted by Gasteiger charge is -2.12. The van der Waals surface area contributed by atoms with Crippen LogP contribution in [0.1, 0.15) is 17.5 Å². The van der Waals surface area contributed by atoms with Gasteiger partial charge in [0.2, 0.25) is 11.8 Å². The van der Waals surface area contributed by atoms with Crippen LogP contribution in [0, 0.1) is 6.92 Å². The third-order valence-corrected chi connectivity index (χ3v) is 4.14. The van der Waals surface area contributed by atoms with E-state index in [9.17, 15) is 9.59 Å². The number of benzene rings is 2. The summed E-state index contributed by atoms with van der Waals surface area (Å²) in [5.41, 5.74) is 2.16. The van der Waals surface area contributed by atoms with Crippen molar-refractivity contribution in [3.8, 4) is 5.75 Å². The first-order valence-corrected chi connectivity index (χ1v) is 8.29. The van der Waals surface area contributed by atoms with E-state index in [1.165, 1.54) is 7.11 Å². The van der Waals surface area contributed by atoms with Gasteiger partial charge in [-0.2, -0.15) is 0 Å². The number of nitrogens with one attached hydrogen (secondary N) is 2. The molecule has 0 bridgehead atoms. The summed E-state index contributed by atoms with van der Waals surface area (Å²) in [5, 5.41) is 6.52. The molecule has 5 nitrogen and oxygen atoms in total. The van der Waals surface area contributed by atoms with Gasteiger partial charge in [-0.3, -0.25) is 9.59 Å². The van der Waals surface area contributed by atoms with Gasteiger partial charge in [-0.25, -0.2) is 0 Å². The van der Waals surface area contributed by atoms with Crippen LogP contribution in [0.25, 0.3) is 0 Å². The van der Waals surface area contributed by atoms with Crippen molar-refractivity contribution in [3.63, 3.8) is 0 Å². The Morgan fingerprint density at radius 2 is 1.76 bits per heavy atom. The molecule has 2 N–H and O–H groups in total. The Bertz CT molecular complexity index is 777. The van der Waals surface area contributed by atoms with Crippen molar-refractivity contribution in [1.29, 1.82) is 0 Å². The first-order valence-electron chi connectivity index (χ1n) is 7.54. The summed E-state index contributed by atoms with van der Waals surface area (Å²) in [7, 11) is 1.48. The lowest BCUT2D eigenvalue weighted by Crippen LogP contribution is -2.27. The molecular weight excluding hydrogens is 363 g/mol. The van der Waals surface area contributed by atoms with Crippen molar-refractivity contribution < 1.29 is 14.3 Å². The van der Waals surface area contributed by atoms with Crippen LogP contribution in [0.4, 0.5) is 5.69 Å². The highest BCUT2D eigenvalue weighted by Gasteiger charge is 2.13. The number of anilines is 1. The van der Waals surface area contributed by atoms with E-state index in [4.69, 9.17) is 27.9 Å². The highest BCUT2D eigenvalue weighted by Crippen LogP contribution is 2.30. The summed E-state index contributed by atoms with van der Waals surface area (Å²) in [6, 6.07) is 10.4. The predicted molar refractivity (Wildman–Crippen MR) is 99.3 cm³/mol. The van der Waals surface area contributed by atoms with Gasteiger partial charge in [0.1, 0.15) is 12.2 Å². The number of hydrogen-bond acceptors (Lipinski definition) is 3. The lowest BCUT2D eigenvalue weighted by molar-refractivity contribution is -0.126. The van der Waals surface area contributed by atoms with Gasteiger partial charge < -0.3 is 15.4 Å². The number of aryl methyl sites for hydroxylation is 1. The molecule has 0 fully saturated rings. The maximum atomic E-state index is 12.1. The zero-order valence-electron chi connectivity index (χ0n) is 13.9. The molecule has 0 aliphatic carbocycles. The molecule has 0 aliphatic rings. The van der Waals surface area contributed by atoms with Gasteiger partial charge in [0.25, 0.3) is 0 Å². The summed E-state index contributed by atoms with van der Waals surface area (Å²) in [6.07, 6.45) is -0.293. The SMILES string of the molecule is COc1cc(Cl)c(C)cc1NC(=O)CC(=O)NCc1ccc(Cl)cc1. The van der Waals surface area contributed by atoms with E-state index in [1.807, 2.05) is 19.1 Å². The number of rotatable bonds is 6. The molecule has 2 aromatic rings. The van der Waals surface area contributed by atoms with Crippen LogP contribution in [-0.4, -0.2) is 18.9 Å². The Hall–Kier alpha value is -2.24. The number of carbonyl (C=O) groups excluding carboxylic acids is 2. The summed E-state index contributed by atoms with van der Waals surface area (Å²) >= 11 is 11.8. The molecule has 0 heterocycles. The molecule has 0 saturated heterocycles. The van der Waals surface area contributed by atoms with Gasteiger partial charge in [0.15, 0.2) is 0 Å². The van der Waals surface area contributed by atoms with Crippen LogP contribution >= 0.6 is 23.2 Å². The van der Waals surface area contributed by atoms with E-state index < -0.39 is 5.91 Å². The third kappa shape index (κ3) is 5.66. The Morgan fingerprint density at radius 3 is 2.40 bits per heavy atom. The second-order valence-corrected chi connectivity index (χ2v) is 6.27. The quantitative estimate of drug-likeness (QED) is 0.745. The van der Waals surface area contributed by atoms with E-state index in [-0.39, 0.29) is 12.3 Å². The molecule has 132 valence electrons. The van der Waals surface area contributed by atoms with Crippen LogP contribution < -0.4 is 15.4 Å². The average Bonchev–Trinajstić information content (AvgIpc) is 2.57. The van der Waals surface area contributed by atoms with Gasteiger partial charge in [-0.05, 0) is 36.2 Å². The maximum absolute atomic E-state index is 12.1. The maximum Gasteiger partial charge on any atom is 0.233 e. The summed E-state index contributed by atoms with van der Waals surface area (Å²) in [4.78, 5) is 24.0. The molecular formula is C18H18Cl2N2O3. The number of carbonyl (C=O) groups is 2. The number of methoxy groups -OCH3 is 1. The van der Waals surface area contributed by atoms with Crippen molar-refractivity contribution in [3.05, 3.63) is 57.6 Å². The van der Waals surface area contributed by atoms with Crippen molar-refractivity contribution >= 4 is 40.7 Å². The van der Waals surface area contributed by atoms with Gasteiger partial charge >= 0.3 is 0 Å². The summed E-state index contributed by atoms with van der Waals surface area (Å²) in [5.74, 6) is -0.378. The van der Waals surface area contributed by atoms with Crippen LogP contribution in [0.3, 0.4) is 0 Å². The topological polar surface area (TPSA) is 67.4 Å². The molecule has 2 aromatic carbocycles. The van der Waals surface area contributed by atoms with Crippen molar-refractivity contribution in [2.45, 2.75) is 19.9 Å². The summed E-state index contributed by atoms with van der Waals surface area (Å²) in [6.45, 7) is 2.14. The molecule has 2 amide bonds. The fourth-order valence-electron chi connectivity index (χ4n) is 2.14. The summed E-state index contributed by atoms with van der Waals surface area (Å²) < 4.78 is 5.19. The third-order valence-electron chi connectivity index (χ3n) is 3.48. The fourth-order valence-corrected chi connectivity index (χ4v) is 2.42. The van der Waals surface area contributed by atoms with Crippen molar-refractivity contribution in [2.24, 2.45) is 0 Å². The lowest BCUT2D eigenvalue weighted by atomic mass is 10.2. The van der Waals surface area contributed by atoms with Gasteiger partial charge in [-0.15, -0.1) is 0 Å². The number of halogens is 2. The van der Waals surface area contributed by atoms with Crippen LogP contribution in [0.5, 0.6) is 5.75 Å². The largest absolute Gasteiger partial charge is 0.495 e. The van der Waals surface area contributed by atoms with E-state index in [2.05, 4.69) is 10.6 Å². The number of hydrogen-bond donors (Lipinski definition) is 2. The first-order chi connectivity index (χ1) is 11.9. The molecule has 0 atom stereocenters. The zero-order chi connectivity index (χ0) is 18.4. The van der Waals surface area contributed by atoms with Crippen molar-refractivity contribution in [2.75, 3.05) is 12.4 Å². The Balaban J connectivity index is 1.90. The number of amides is 2. The molecule has 0 aromatic heterocycles. The minimum atomic E-state index is -0.436. The second kappa shape index (κ2) is 8.74. The van der Waals surface area contributed by atoms with E-state index in [1.54, 1.807) is 24.3 Å². The average molecular weight is 381 g/mol. The molecule has 25 heavy (non-hydrogen) atoms. The van der Waals surface area contributed by atoms with Crippen LogP contribution in [0.2, 0.25) is 10.0 Å². The minimum absolute atomic E-state index is 0.293. The molecule has 0 radical (unpaired) electrons.